The van der Waals surface area contributed by atoms with E-state index in [2.05, 4.69) is 38.5 Å². The molecule has 3 aromatic heterocycles. The molecule has 326 valence electrons. The molecule has 0 saturated carbocycles. The van der Waals surface area contributed by atoms with Crippen molar-refractivity contribution in [1.29, 1.82) is 0 Å². The Morgan fingerprint density at radius 1 is 0.485 bits per heavy atom. The highest BCUT2D eigenvalue weighted by Gasteiger charge is 2.26. The van der Waals surface area contributed by atoms with Crippen molar-refractivity contribution in [1.82, 2.24) is 14.5 Å². The van der Waals surface area contributed by atoms with Gasteiger partial charge in [-0.1, -0.05) is 48.5 Å². The van der Waals surface area contributed by atoms with E-state index in [-0.39, 0.29) is 0 Å². The molecule has 0 saturated heterocycles. The van der Waals surface area contributed by atoms with Gasteiger partial charge in [0.1, 0.15) is 7.05 Å². The molecule has 66 heavy (non-hydrogen) atoms. The van der Waals surface area contributed by atoms with Gasteiger partial charge in [-0.05, 0) is 107 Å². The lowest BCUT2D eigenvalue weighted by Crippen LogP contribution is -2.01. The number of carbonyl (C=O) groups is 4. The molecule has 0 unspecified atom stereocenters. The van der Waals surface area contributed by atoms with Crippen LogP contribution in [0.3, 0.4) is 0 Å². The largest absolute Gasteiger partial charge is 0.465 e. The minimum absolute atomic E-state index is 0.411. The number of nitrogens with zero attached hydrogens (tertiary/aromatic N) is 3. The predicted octanol–water partition coefficient (Wildman–Crippen LogP) is 10.3. The molecule has 12 nitrogen and oxygen atoms in total. The first-order valence-electron chi connectivity index (χ1n) is 20.9. The quantitative estimate of drug-likeness (QED) is 0.0897. The summed E-state index contributed by atoms with van der Waals surface area (Å²) in [6, 6.07) is 39.5. The van der Waals surface area contributed by atoms with Crippen LogP contribution in [0.5, 0.6) is 0 Å². The van der Waals surface area contributed by atoms with E-state index in [1.165, 1.54) is 28.4 Å². The fraction of sp³-hybridized carbons (Fsp3) is 0.111. The second-order valence-corrected chi connectivity index (χ2v) is 15.7. The molecule has 2 aliphatic heterocycles. The average Bonchev–Trinajstić information content (AvgIpc) is 4.18. The molecule has 0 radical (unpaired) electrons. The zero-order valence-electron chi connectivity index (χ0n) is 37.0. The lowest BCUT2D eigenvalue weighted by Gasteiger charge is -2.10. The Hall–Kier alpha value is -8.64. The summed E-state index contributed by atoms with van der Waals surface area (Å²) in [7, 11) is 9.40. The Labute approximate surface area is 379 Å². The molecule has 0 spiro atoms. The van der Waals surface area contributed by atoms with E-state index in [4.69, 9.17) is 23.9 Å². The SMILES string of the molecule is COC(=O)c1ccc(-c2c3cc(c(-c4ccc(C(=O)OC)cc4)c4ccc([nH]4)c(-c4ccc(C(=O)OC)cc4)c4ccc(c(-c5ccc(C(=O)OC)cc5)c5nc2C=C5)n4C)[N+](C)=C3)cc1. The van der Waals surface area contributed by atoms with Crippen molar-refractivity contribution >= 4 is 70.0 Å². The van der Waals surface area contributed by atoms with Gasteiger partial charge in [0.15, 0.2) is 6.21 Å². The maximum atomic E-state index is 12.6. The van der Waals surface area contributed by atoms with Crippen molar-refractivity contribution in [2.45, 2.75) is 0 Å². The Balaban J connectivity index is 1.45. The molecule has 4 aromatic carbocycles. The van der Waals surface area contributed by atoms with Gasteiger partial charge in [-0.2, -0.15) is 0 Å². The number of aromatic amines is 1. The highest BCUT2D eigenvalue weighted by atomic mass is 16.5. The van der Waals surface area contributed by atoms with E-state index in [0.29, 0.717) is 33.6 Å². The third-order valence-corrected chi connectivity index (χ3v) is 11.9. The van der Waals surface area contributed by atoms with E-state index >= 15 is 0 Å². The molecule has 0 aliphatic carbocycles. The number of hydrogen-bond acceptors (Lipinski definition) is 9. The zero-order chi connectivity index (χ0) is 46.2. The van der Waals surface area contributed by atoms with Gasteiger partial charge in [-0.25, -0.2) is 28.7 Å². The van der Waals surface area contributed by atoms with Crippen LogP contribution in [0.25, 0.3) is 78.7 Å². The summed E-state index contributed by atoms with van der Waals surface area (Å²) >= 11 is 0. The number of benzene rings is 4. The Bertz CT molecular complexity index is 3360. The van der Waals surface area contributed by atoms with Gasteiger partial charge in [0.05, 0.1) is 89.8 Å². The van der Waals surface area contributed by atoms with Gasteiger partial charge in [0, 0.05) is 35.3 Å². The van der Waals surface area contributed by atoms with Crippen LogP contribution in [0.4, 0.5) is 5.69 Å². The smallest absolute Gasteiger partial charge is 0.337 e. The molecule has 12 heteroatoms. The van der Waals surface area contributed by atoms with E-state index in [1.54, 1.807) is 48.5 Å². The van der Waals surface area contributed by atoms with Crippen LogP contribution in [0.1, 0.15) is 58.4 Å². The summed E-state index contributed by atoms with van der Waals surface area (Å²) in [4.78, 5) is 59.4. The third kappa shape index (κ3) is 7.64. The van der Waals surface area contributed by atoms with Crippen molar-refractivity contribution in [3.05, 3.63) is 167 Å². The standard InChI is InChI=1S/C54H42N4O8/c1-57-30-39-29-46(57)50(34-13-21-38(22-14-34)54(62)66-6)43-26-25-42(56-43)49(33-11-19-37(20-12-33)53(61)65-5)45-28-27-44(58(45)2)48(32-9-17-36(18-10-32)52(60)64-4)41-24-23-40(55-41)47(39)31-7-15-35(16-8-31)51(59)63-3/h7-30H,1-6H3/p+1. The number of methoxy groups -OCH3 is 4. The van der Waals surface area contributed by atoms with Gasteiger partial charge >= 0.3 is 23.9 Å². The van der Waals surface area contributed by atoms with Gasteiger partial charge in [0.25, 0.3) is 0 Å². The topological polar surface area (TPSA) is 142 Å². The summed E-state index contributed by atoms with van der Waals surface area (Å²) < 4.78 is 24.3. The van der Waals surface area contributed by atoms with E-state index < -0.39 is 23.9 Å². The number of H-pyrrole nitrogens is 1. The summed E-state index contributed by atoms with van der Waals surface area (Å²) in [5.74, 6) is -1.77. The van der Waals surface area contributed by atoms with Crippen LogP contribution in [0.2, 0.25) is 0 Å². The molecule has 7 aromatic rings. The minimum atomic E-state index is -0.444. The van der Waals surface area contributed by atoms with E-state index in [9.17, 15) is 19.2 Å². The highest BCUT2D eigenvalue weighted by Crippen LogP contribution is 2.41. The van der Waals surface area contributed by atoms with Crippen LogP contribution >= 0.6 is 0 Å². The number of fused-ring (bicyclic) bond motifs is 8. The first-order chi connectivity index (χ1) is 32.0. The molecular formula is C54H43N4O8+. The van der Waals surface area contributed by atoms with Crippen LogP contribution in [-0.4, -0.2) is 84.7 Å². The number of hydrogen-bond donors (Lipinski definition) is 1. The summed E-state index contributed by atoms with van der Waals surface area (Å²) in [5.41, 5.74) is 14.7. The average molecular weight is 876 g/mol. The van der Waals surface area contributed by atoms with Crippen molar-refractivity contribution in [3.63, 3.8) is 0 Å². The maximum absolute atomic E-state index is 12.6. The molecule has 2 aliphatic rings. The number of esters is 4. The number of carbonyl (C=O) groups excluding carboxylic acids is 4. The molecule has 5 heterocycles. The molecule has 0 fully saturated rings. The summed E-state index contributed by atoms with van der Waals surface area (Å²) in [5, 5.41) is 0. The Morgan fingerprint density at radius 3 is 1.29 bits per heavy atom. The number of rotatable bonds is 8. The second-order valence-electron chi connectivity index (χ2n) is 15.7. The van der Waals surface area contributed by atoms with Crippen molar-refractivity contribution in [2.24, 2.45) is 7.05 Å². The third-order valence-electron chi connectivity index (χ3n) is 11.9. The fourth-order valence-corrected chi connectivity index (χ4v) is 8.63. The fourth-order valence-electron chi connectivity index (χ4n) is 8.63. The molecular weight excluding hydrogens is 833 g/mol. The number of ether oxygens (including phenoxy) is 4. The van der Waals surface area contributed by atoms with E-state index in [1.807, 2.05) is 86.9 Å². The molecule has 1 N–H and O–H groups in total. The normalized spacial score (nSPS) is 11.8. The molecule has 0 amide bonds. The summed E-state index contributed by atoms with van der Waals surface area (Å²) in [6.07, 6.45) is 6.03. The number of nitrogens with one attached hydrogen (secondary N) is 1. The van der Waals surface area contributed by atoms with Crippen LogP contribution in [-0.2, 0) is 26.0 Å². The Kier molecular flexibility index (Phi) is 11.3. The highest BCUT2D eigenvalue weighted by molar-refractivity contribution is 6.03. The monoisotopic (exact) mass is 875 g/mol. The van der Waals surface area contributed by atoms with Crippen molar-refractivity contribution in [3.8, 4) is 44.5 Å². The number of aryl methyl sites for hydroxylation is 1. The molecule has 8 bridgehead atoms. The molecule has 0 atom stereocenters. The minimum Gasteiger partial charge on any atom is -0.465 e. The number of aromatic nitrogens is 3. The lowest BCUT2D eigenvalue weighted by molar-refractivity contribution is -0.395. The lowest BCUT2D eigenvalue weighted by atomic mass is 9.98. The van der Waals surface area contributed by atoms with Crippen LogP contribution in [0, 0.1) is 0 Å². The molecule has 9 rings (SSSR count). The maximum Gasteiger partial charge on any atom is 0.337 e. The summed E-state index contributed by atoms with van der Waals surface area (Å²) in [6.45, 7) is 0. The first-order valence-corrected chi connectivity index (χ1v) is 20.9. The predicted molar refractivity (Wildman–Crippen MR) is 255 cm³/mol. The van der Waals surface area contributed by atoms with Gasteiger partial charge < -0.3 is 28.5 Å². The van der Waals surface area contributed by atoms with Gasteiger partial charge in [-0.15, -0.1) is 0 Å². The second kappa shape index (κ2) is 17.5. The van der Waals surface area contributed by atoms with E-state index in [0.717, 1.165) is 77.8 Å². The van der Waals surface area contributed by atoms with Gasteiger partial charge in [0.2, 0.25) is 5.69 Å². The first kappa shape index (κ1) is 42.7. The zero-order valence-corrected chi connectivity index (χ0v) is 37.0. The Morgan fingerprint density at radius 2 is 0.848 bits per heavy atom. The van der Waals surface area contributed by atoms with Crippen molar-refractivity contribution in [2.75, 3.05) is 35.5 Å². The van der Waals surface area contributed by atoms with Crippen molar-refractivity contribution < 1.29 is 42.7 Å². The van der Waals surface area contributed by atoms with Crippen LogP contribution in [0.15, 0.2) is 127 Å². The van der Waals surface area contributed by atoms with Gasteiger partial charge in [-0.3, -0.25) is 0 Å². The van der Waals surface area contributed by atoms with Crippen LogP contribution < -0.4 is 0 Å².